The zero-order chi connectivity index (χ0) is 11.0. The van der Waals surface area contributed by atoms with E-state index >= 15 is 0 Å². The van der Waals surface area contributed by atoms with E-state index in [0.717, 1.165) is 17.7 Å². The summed E-state index contributed by atoms with van der Waals surface area (Å²) in [7, 11) is 0. The SMILES string of the molecule is NC(=NC(C1CC1)C1CC1)C1CCCCC1. The summed E-state index contributed by atoms with van der Waals surface area (Å²) in [4.78, 5) is 4.92. The van der Waals surface area contributed by atoms with Gasteiger partial charge in [0.2, 0.25) is 0 Å². The first-order valence-electron chi connectivity index (χ1n) is 7.18. The molecule has 3 aliphatic rings. The molecule has 0 atom stereocenters. The maximum Gasteiger partial charge on any atom is 0.0972 e. The Balaban J connectivity index is 1.63. The summed E-state index contributed by atoms with van der Waals surface area (Å²) in [5, 5.41) is 0. The summed E-state index contributed by atoms with van der Waals surface area (Å²) in [6.07, 6.45) is 12.3. The molecule has 3 fully saturated rings. The van der Waals surface area contributed by atoms with E-state index in [2.05, 4.69) is 0 Å². The minimum Gasteiger partial charge on any atom is -0.387 e. The van der Waals surface area contributed by atoms with Gasteiger partial charge in [0.25, 0.3) is 0 Å². The van der Waals surface area contributed by atoms with Crippen molar-refractivity contribution < 1.29 is 0 Å². The number of nitrogens with two attached hydrogens (primary N) is 1. The average molecular weight is 220 g/mol. The van der Waals surface area contributed by atoms with E-state index in [0.29, 0.717) is 12.0 Å². The Morgan fingerprint density at radius 3 is 1.94 bits per heavy atom. The highest BCUT2D eigenvalue weighted by Gasteiger charge is 2.41. The number of nitrogens with zero attached hydrogens (tertiary/aromatic N) is 1. The first-order chi connectivity index (χ1) is 7.84. The highest BCUT2D eigenvalue weighted by molar-refractivity contribution is 5.83. The van der Waals surface area contributed by atoms with Crippen LogP contribution in [-0.4, -0.2) is 11.9 Å². The van der Waals surface area contributed by atoms with Gasteiger partial charge in [0.15, 0.2) is 0 Å². The Bertz CT molecular complexity index is 258. The third-order valence-corrected chi connectivity index (χ3v) is 4.53. The van der Waals surface area contributed by atoms with Gasteiger partial charge in [0.05, 0.1) is 11.9 Å². The third kappa shape index (κ3) is 2.41. The fraction of sp³-hybridized carbons (Fsp3) is 0.929. The van der Waals surface area contributed by atoms with Gasteiger partial charge in [-0.15, -0.1) is 0 Å². The van der Waals surface area contributed by atoms with Crippen molar-refractivity contribution in [2.45, 2.75) is 63.8 Å². The first-order valence-corrected chi connectivity index (χ1v) is 7.18. The van der Waals surface area contributed by atoms with Crippen molar-refractivity contribution in [1.82, 2.24) is 0 Å². The molecule has 0 aromatic heterocycles. The molecule has 0 saturated heterocycles. The summed E-state index contributed by atoms with van der Waals surface area (Å²) in [5.74, 6) is 3.42. The standard InChI is InChI=1S/C14H24N2/c15-14(12-4-2-1-3-5-12)16-13(10-6-7-10)11-8-9-11/h10-13H,1-9H2,(H2,15,16). The molecule has 0 aromatic rings. The highest BCUT2D eigenvalue weighted by atomic mass is 14.9. The molecule has 3 saturated carbocycles. The zero-order valence-corrected chi connectivity index (χ0v) is 10.2. The molecule has 0 heterocycles. The molecule has 0 spiro atoms. The van der Waals surface area contributed by atoms with E-state index in [1.807, 2.05) is 0 Å². The fourth-order valence-electron chi connectivity index (χ4n) is 3.15. The van der Waals surface area contributed by atoms with Crippen LogP contribution in [0.15, 0.2) is 4.99 Å². The van der Waals surface area contributed by atoms with E-state index < -0.39 is 0 Å². The maximum absolute atomic E-state index is 6.23. The van der Waals surface area contributed by atoms with Crippen LogP contribution in [0.1, 0.15) is 57.8 Å². The molecule has 0 bridgehead atoms. The normalized spacial score (nSPS) is 28.7. The molecular weight excluding hydrogens is 196 g/mol. The number of rotatable bonds is 4. The predicted octanol–water partition coefficient (Wildman–Crippen LogP) is 3.11. The molecule has 0 aliphatic heterocycles. The average Bonchev–Trinajstić information content (AvgIpc) is 3.19. The topological polar surface area (TPSA) is 38.4 Å². The third-order valence-electron chi connectivity index (χ3n) is 4.53. The monoisotopic (exact) mass is 220 g/mol. The lowest BCUT2D eigenvalue weighted by atomic mass is 9.88. The Morgan fingerprint density at radius 1 is 0.875 bits per heavy atom. The minimum atomic E-state index is 0.613. The van der Waals surface area contributed by atoms with Gasteiger partial charge in [-0.3, -0.25) is 4.99 Å². The van der Waals surface area contributed by atoms with Crippen molar-refractivity contribution in [2.24, 2.45) is 28.5 Å². The van der Waals surface area contributed by atoms with Crippen molar-refractivity contribution in [3.05, 3.63) is 0 Å². The second-order valence-electron chi connectivity index (χ2n) is 6.05. The van der Waals surface area contributed by atoms with Crippen molar-refractivity contribution in [3.63, 3.8) is 0 Å². The molecule has 2 nitrogen and oxygen atoms in total. The molecule has 16 heavy (non-hydrogen) atoms. The Kier molecular flexibility index (Phi) is 2.91. The van der Waals surface area contributed by atoms with Crippen molar-refractivity contribution >= 4 is 5.84 Å². The maximum atomic E-state index is 6.23. The molecule has 0 radical (unpaired) electrons. The summed E-state index contributed by atoms with van der Waals surface area (Å²) in [5.41, 5.74) is 6.23. The van der Waals surface area contributed by atoms with E-state index in [4.69, 9.17) is 10.7 Å². The lowest BCUT2D eigenvalue weighted by Gasteiger charge is -2.22. The van der Waals surface area contributed by atoms with Gasteiger partial charge in [-0.05, 0) is 50.4 Å². The Labute approximate surface area is 98.7 Å². The van der Waals surface area contributed by atoms with Crippen molar-refractivity contribution in [1.29, 1.82) is 0 Å². The van der Waals surface area contributed by atoms with E-state index in [1.54, 1.807) is 0 Å². The summed E-state index contributed by atoms with van der Waals surface area (Å²) in [6, 6.07) is 0.613. The summed E-state index contributed by atoms with van der Waals surface area (Å²) in [6.45, 7) is 0. The molecule has 90 valence electrons. The lowest BCUT2D eigenvalue weighted by molar-refractivity contribution is 0.431. The largest absolute Gasteiger partial charge is 0.387 e. The lowest BCUT2D eigenvalue weighted by Crippen LogP contribution is -2.28. The van der Waals surface area contributed by atoms with Gasteiger partial charge in [-0.2, -0.15) is 0 Å². The van der Waals surface area contributed by atoms with Gasteiger partial charge in [-0.25, -0.2) is 0 Å². The molecule has 3 aliphatic carbocycles. The Hall–Kier alpha value is -0.530. The minimum absolute atomic E-state index is 0.613. The van der Waals surface area contributed by atoms with Crippen LogP contribution in [0.4, 0.5) is 0 Å². The number of hydrogen-bond acceptors (Lipinski definition) is 1. The first kappa shape index (κ1) is 10.6. The molecule has 0 aromatic carbocycles. The second kappa shape index (κ2) is 4.38. The van der Waals surface area contributed by atoms with E-state index in [-0.39, 0.29) is 0 Å². The smallest absolute Gasteiger partial charge is 0.0972 e. The van der Waals surface area contributed by atoms with Crippen LogP contribution in [0.3, 0.4) is 0 Å². The van der Waals surface area contributed by atoms with Crippen LogP contribution in [-0.2, 0) is 0 Å². The van der Waals surface area contributed by atoms with Crippen LogP contribution in [0.5, 0.6) is 0 Å². The van der Waals surface area contributed by atoms with Gasteiger partial charge in [0, 0.05) is 5.92 Å². The van der Waals surface area contributed by atoms with Crippen LogP contribution in [0, 0.1) is 17.8 Å². The molecular formula is C14H24N2. The number of hydrogen-bond donors (Lipinski definition) is 1. The molecule has 3 rings (SSSR count). The predicted molar refractivity (Wildman–Crippen MR) is 67.4 cm³/mol. The van der Waals surface area contributed by atoms with Crippen LogP contribution < -0.4 is 5.73 Å². The number of aliphatic imine (C=N–C) groups is 1. The van der Waals surface area contributed by atoms with Crippen LogP contribution >= 0.6 is 0 Å². The van der Waals surface area contributed by atoms with Gasteiger partial charge < -0.3 is 5.73 Å². The number of amidine groups is 1. The quantitative estimate of drug-likeness (QED) is 0.574. The van der Waals surface area contributed by atoms with Crippen LogP contribution in [0.2, 0.25) is 0 Å². The molecule has 0 unspecified atom stereocenters. The van der Waals surface area contributed by atoms with Crippen LogP contribution in [0.25, 0.3) is 0 Å². The Morgan fingerprint density at radius 2 is 1.44 bits per heavy atom. The summed E-state index contributed by atoms with van der Waals surface area (Å²) >= 11 is 0. The summed E-state index contributed by atoms with van der Waals surface area (Å²) < 4.78 is 0. The molecule has 2 heteroatoms. The fourth-order valence-corrected chi connectivity index (χ4v) is 3.15. The van der Waals surface area contributed by atoms with Gasteiger partial charge in [0.1, 0.15) is 0 Å². The zero-order valence-electron chi connectivity index (χ0n) is 10.2. The van der Waals surface area contributed by atoms with Crippen molar-refractivity contribution in [2.75, 3.05) is 0 Å². The molecule has 0 amide bonds. The van der Waals surface area contributed by atoms with Crippen molar-refractivity contribution in [3.8, 4) is 0 Å². The van der Waals surface area contributed by atoms with E-state index in [9.17, 15) is 0 Å². The van der Waals surface area contributed by atoms with E-state index in [1.165, 1.54) is 57.8 Å². The van der Waals surface area contributed by atoms with Gasteiger partial charge in [-0.1, -0.05) is 19.3 Å². The second-order valence-corrected chi connectivity index (χ2v) is 6.05. The highest BCUT2D eigenvalue weighted by Crippen LogP contribution is 2.46. The molecule has 2 N–H and O–H groups in total. The van der Waals surface area contributed by atoms with Gasteiger partial charge >= 0.3 is 0 Å².